The van der Waals surface area contributed by atoms with E-state index in [1.54, 1.807) is 39.6 Å². The minimum absolute atomic E-state index is 0.312. The Kier molecular flexibility index (Phi) is 8.25. The van der Waals surface area contributed by atoms with Gasteiger partial charge in [-0.25, -0.2) is 9.37 Å². The van der Waals surface area contributed by atoms with Gasteiger partial charge in [-0.2, -0.15) is 0 Å². The molecule has 7 nitrogen and oxygen atoms in total. The minimum Gasteiger partial charge on any atom is -0.493 e. The molecule has 0 aliphatic heterocycles. The normalized spacial score (nSPS) is 11.1. The van der Waals surface area contributed by atoms with Crippen LogP contribution in [0.1, 0.15) is 11.1 Å². The van der Waals surface area contributed by atoms with Crippen LogP contribution in [-0.4, -0.2) is 38.8 Å². The molecule has 0 saturated heterocycles. The largest absolute Gasteiger partial charge is 0.493 e. The fraction of sp³-hybridized carbons (Fsp3) is 0.250. The Bertz CT molecular complexity index is 1040. The van der Waals surface area contributed by atoms with Crippen molar-refractivity contribution in [1.82, 2.24) is 15.6 Å². The van der Waals surface area contributed by atoms with Crippen molar-refractivity contribution in [2.24, 2.45) is 4.99 Å². The average molecular weight is 439 g/mol. The molecule has 2 N–H and O–H groups in total. The lowest BCUT2D eigenvalue weighted by Crippen LogP contribution is -2.37. The van der Waals surface area contributed by atoms with Gasteiger partial charge in [0.15, 0.2) is 17.5 Å². The van der Waals surface area contributed by atoms with Crippen molar-refractivity contribution in [3.8, 4) is 23.1 Å². The predicted molar refractivity (Wildman–Crippen MR) is 122 cm³/mol. The highest BCUT2D eigenvalue weighted by molar-refractivity contribution is 5.79. The van der Waals surface area contributed by atoms with E-state index < -0.39 is 0 Å². The molecule has 0 saturated carbocycles. The summed E-state index contributed by atoms with van der Waals surface area (Å²) in [5.41, 5.74) is 2.10. The fourth-order valence-corrected chi connectivity index (χ4v) is 3.01. The Balaban J connectivity index is 1.49. The number of rotatable bonds is 9. The molecule has 2 aromatic carbocycles. The lowest BCUT2D eigenvalue weighted by Gasteiger charge is -2.13. The first kappa shape index (κ1) is 22.9. The van der Waals surface area contributed by atoms with Gasteiger partial charge in [0.05, 0.1) is 14.2 Å². The zero-order valence-corrected chi connectivity index (χ0v) is 18.4. The van der Waals surface area contributed by atoms with Crippen molar-refractivity contribution in [3.05, 3.63) is 77.7 Å². The average Bonchev–Trinajstić information content (AvgIpc) is 2.82. The van der Waals surface area contributed by atoms with Crippen molar-refractivity contribution < 1.29 is 18.6 Å². The summed E-state index contributed by atoms with van der Waals surface area (Å²) in [6, 6.07) is 15.4. The van der Waals surface area contributed by atoms with E-state index in [2.05, 4.69) is 20.6 Å². The maximum absolute atomic E-state index is 13.0. The molecular weight excluding hydrogens is 411 g/mol. The monoisotopic (exact) mass is 438 g/mol. The highest BCUT2D eigenvalue weighted by Crippen LogP contribution is 2.27. The number of hydrogen-bond donors (Lipinski definition) is 2. The Hall–Kier alpha value is -3.81. The molecule has 3 aromatic rings. The second-order valence-electron chi connectivity index (χ2n) is 6.85. The molecule has 0 aliphatic rings. The minimum atomic E-state index is -0.312. The summed E-state index contributed by atoms with van der Waals surface area (Å²) in [5.74, 6) is 2.76. The van der Waals surface area contributed by atoms with Crippen molar-refractivity contribution in [3.63, 3.8) is 0 Å². The Morgan fingerprint density at radius 1 is 0.938 bits per heavy atom. The lowest BCUT2D eigenvalue weighted by atomic mass is 10.1. The van der Waals surface area contributed by atoms with Crippen LogP contribution in [-0.2, 0) is 13.0 Å². The van der Waals surface area contributed by atoms with E-state index in [-0.39, 0.29) is 5.82 Å². The van der Waals surface area contributed by atoms with Crippen molar-refractivity contribution in [1.29, 1.82) is 0 Å². The molecule has 0 amide bonds. The molecule has 1 heterocycles. The van der Waals surface area contributed by atoms with Gasteiger partial charge >= 0.3 is 0 Å². The van der Waals surface area contributed by atoms with Crippen molar-refractivity contribution in [2.45, 2.75) is 13.0 Å². The fourth-order valence-electron chi connectivity index (χ4n) is 3.01. The molecule has 0 radical (unpaired) electrons. The molecule has 0 aliphatic carbocycles. The first-order chi connectivity index (χ1) is 15.6. The Morgan fingerprint density at radius 2 is 1.72 bits per heavy atom. The molecule has 0 spiro atoms. The number of hydrogen-bond acceptors (Lipinski definition) is 5. The van der Waals surface area contributed by atoms with Gasteiger partial charge in [0, 0.05) is 32.4 Å². The summed E-state index contributed by atoms with van der Waals surface area (Å²) in [6.07, 6.45) is 2.47. The first-order valence-electron chi connectivity index (χ1n) is 10.1. The SMILES string of the molecule is CN=C(NCCc1ccc(OC)c(OC)c1)NCc1ccnc(Oc2ccc(F)cc2)c1. The number of halogens is 1. The highest BCUT2D eigenvalue weighted by Gasteiger charge is 2.06. The van der Waals surface area contributed by atoms with Crippen LogP contribution >= 0.6 is 0 Å². The predicted octanol–water partition coefficient (Wildman–Crippen LogP) is 3.94. The van der Waals surface area contributed by atoms with Crippen LogP contribution in [0.2, 0.25) is 0 Å². The summed E-state index contributed by atoms with van der Waals surface area (Å²) in [7, 11) is 4.97. The third-order valence-electron chi connectivity index (χ3n) is 4.67. The smallest absolute Gasteiger partial charge is 0.219 e. The van der Waals surface area contributed by atoms with E-state index >= 15 is 0 Å². The van der Waals surface area contributed by atoms with E-state index in [9.17, 15) is 4.39 Å². The zero-order chi connectivity index (χ0) is 22.8. The van der Waals surface area contributed by atoms with Crippen LogP contribution in [0.15, 0.2) is 65.8 Å². The molecule has 0 bridgehead atoms. The van der Waals surface area contributed by atoms with Gasteiger partial charge in [0.1, 0.15) is 11.6 Å². The second kappa shape index (κ2) is 11.5. The van der Waals surface area contributed by atoms with Gasteiger partial charge in [-0.1, -0.05) is 6.07 Å². The molecule has 3 rings (SSSR count). The number of methoxy groups -OCH3 is 2. The number of guanidine groups is 1. The van der Waals surface area contributed by atoms with Crippen LogP contribution in [0, 0.1) is 5.82 Å². The van der Waals surface area contributed by atoms with E-state index in [4.69, 9.17) is 14.2 Å². The van der Waals surface area contributed by atoms with Gasteiger partial charge in [0.2, 0.25) is 5.88 Å². The summed E-state index contributed by atoms with van der Waals surface area (Å²) in [6.45, 7) is 1.24. The van der Waals surface area contributed by atoms with E-state index in [1.807, 2.05) is 30.3 Å². The third-order valence-corrected chi connectivity index (χ3v) is 4.67. The van der Waals surface area contributed by atoms with Gasteiger partial charge in [-0.3, -0.25) is 4.99 Å². The van der Waals surface area contributed by atoms with E-state index in [0.717, 1.165) is 17.5 Å². The summed E-state index contributed by atoms with van der Waals surface area (Å²) in [5, 5.41) is 6.57. The zero-order valence-electron chi connectivity index (χ0n) is 18.4. The van der Waals surface area contributed by atoms with Gasteiger partial charge in [-0.15, -0.1) is 0 Å². The Morgan fingerprint density at radius 3 is 2.44 bits per heavy atom. The molecular formula is C24H27FN4O3. The van der Waals surface area contributed by atoms with Crippen molar-refractivity contribution in [2.75, 3.05) is 27.8 Å². The lowest BCUT2D eigenvalue weighted by molar-refractivity contribution is 0.354. The topological polar surface area (TPSA) is 77.0 Å². The van der Waals surface area contributed by atoms with E-state index in [1.165, 1.54) is 12.1 Å². The molecule has 0 fully saturated rings. The first-order valence-corrected chi connectivity index (χ1v) is 10.1. The molecule has 0 atom stereocenters. The molecule has 0 unspecified atom stereocenters. The van der Waals surface area contributed by atoms with Crippen LogP contribution in [0.5, 0.6) is 23.1 Å². The van der Waals surface area contributed by atoms with Crippen LogP contribution in [0.4, 0.5) is 4.39 Å². The number of benzene rings is 2. The number of nitrogens with one attached hydrogen (secondary N) is 2. The maximum Gasteiger partial charge on any atom is 0.219 e. The maximum atomic E-state index is 13.0. The highest BCUT2D eigenvalue weighted by atomic mass is 19.1. The van der Waals surface area contributed by atoms with Crippen LogP contribution in [0.25, 0.3) is 0 Å². The third kappa shape index (κ3) is 6.60. The standard InChI is InChI=1S/C24H27FN4O3/c1-26-24(28-13-10-17-4-9-21(30-2)22(14-17)31-3)29-16-18-11-12-27-23(15-18)32-20-7-5-19(25)6-8-20/h4-9,11-12,14-15H,10,13,16H2,1-3H3,(H2,26,28,29). The summed E-state index contributed by atoms with van der Waals surface area (Å²) >= 11 is 0. The molecule has 1 aromatic heterocycles. The van der Waals surface area contributed by atoms with Crippen LogP contribution < -0.4 is 24.8 Å². The second-order valence-corrected chi connectivity index (χ2v) is 6.85. The van der Waals surface area contributed by atoms with Crippen LogP contribution in [0.3, 0.4) is 0 Å². The van der Waals surface area contributed by atoms with Crippen molar-refractivity contribution >= 4 is 5.96 Å². The Labute approximate surface area is 187 Å². The number of pyridine rings is 1. The number of nitrogens with zero attached hydrogens (tertiary/aromatic N) is 2. The molecule has 8 heteroatoms. The quantitative estimate of drug-likeness (QED) is 0.389. The number of aliphatic imine (C=N–C) groups is 1. The van der Waals surface area contributed by atoms with Gasteiger partial charge < -0.3 is 24.8 Å². The molecule has 32 heavy (non-hydrogen) atoms. The summed E-state index contributed by atoms with van der Waals surface area (Å²) in [4.78, 5) is 8.47. The molecule has 168 valence electrons. The number of aromatic nitrogens is 1. The van der Waals surface area contributed by atoms with E-state index in [0.29, 0.717) is 42.2 Å². The van der Waals surface area contributed by atoms with Gasteiger partial charge in [0.25, 0.3) is 0 Å². The number of ether oxygens (including phenoxy) is 3. The summed E-state index contributed by atoms with van der Waals surface area (Å²) < 4.78 is 29.4. The van der Waals surface area contributed by atoms with Gasteiger partial charge in [-0.05, 0) is 60.0 Å².